The van der Waals surface area contributed by atoms with Crippen LogP contribution in [0.25, 0.3) is 60.3 Å². The number of para-hydroxylation sites is 1. The summed E-state index contributed by atoms with van der Waals surface area (Å²) in [5.41, 5.74) is 6.88. The fourth-order valence-electron chi connectivity index (χ4n) is 5.17. The summed E-state index contributed by atoms with van der Waals surface area (Å²) in [5, 5.41) is 7.87. The fourth-order valence-corrected chi connectivity index (χ4v) is 5.17. The van der Waals surface area contributed by atoms with E-state index in [2.05, 4.69) is 71.9 Å². The fraction of sp³-hybridized carbons (Fsp3) is 0.0345. The van der Waals surface area contributed by atoms with Crippen LogP contribution in [0.5, 0.6) is 0 Å². The molecule has 156 valence electrons. The van der Waals surface area contributed by atoms with Crippen LogP contribution < -0.4 is 5.56 Å². The molecular weight excluding hydrogens is 408 g/mol. The van der Waals surface area contributed by atoms with Crippen LogP contribution in [0, 0.1) is 6.92 Å². The van der Waals surface area contributed by atoms with Gasteiger partial charge in [0.1, 0.15) is 16.7 Å². The minimum absolute atomic E-state index is 0.0834. The first-order valence-corrected chi connectivity index (χ1v) is 11.0. The van der Waals surface area contributed by atoms with Crippen molar-refractivity contribution in [1.82, 2.24) is 9.56 Å². The summed E-state index contributed by atoms with van der Waals surface area (Å²) in [5.74, 6) is 0.543. The summed E-state index contributed by atoms with van der Waals surface area (Å²) in [4.78, 5) is 13.5. The Balaban J connectivity index is 1.69. The molecule has 0 aliphatic rings. The van der Waals surface area contributed by atoms with Gasteiger partial charge in [0.15, 0.2) is 0 Å². The number of rotatable bonds is 2. The predicted molar refractivity (Wildman–Crippen MR) is 133 cm³/mol. The van der Waals surface area contributed by atoms with Gasteiger partial charge >= 0.3 is 0 Å². The second-order valence-electron chi connectivity index (χ2n) is 8.45. The number of pyridine rings is 1. The third-order valence-corrected chi connectivity index (χ3v) is 6.63. The highest BCUT2D eigenvalue weighted by molar-refractivity contribution is 6.21. The molecule has 0 aliphatic heterocycles. The Morgan fingerprint density at radius 3 is 2.21 bits per heavy atom. The van der Waals surface area contributed by atoms with Gasteiger partial charge in [-0.25, -0.2) is 0 Å². The topological polar surface area (TPSA) is 47.5 Å². The molecule has 0 N–H and O–H groups in total. The summed E-state index contributed by atoms with van der Waals surface area (Å²) >= 11 is 0. The molecule has 0 unspecified atom stereocenters. The maximum Gasteiger partial charge on any atom is 0.268 e. The van der Waals surface area contributed by atoms with Crippen molar-refractivity contribution in [3.63, 3.8) is 0 Å². The zero-order valence-electron chi connectivity index (χ0n) is 17.9. The van der Waals surface area contributed by atoms with Gasteiger partial charge in [-0.2, -0.15) is 0 Å². The van der Waals surface area contributed by atoms with Crippen LogP contribution in [0.1, 0.15) is 5.76 Å². The predicted octanol–water partition coefficient (Wildman–Crippen LogP) is 6.83. The van der Waals surface area contributed by atoms with Crippen molar-refractivity contribution in [3.8, 4) is 22.3 Å². The molecule has 33 heavy (non-hydrogen) atoms. The lowest BCUT2D eigenvalue weighted by molar-refractivity contribution is 0.406. The van der Waals surface area contributed by atoms with Crippen LogP contribution in [-0.4, -0.2) is 9.56 Å². The number of aryl methyl sites for hydroxylation is 1. The van der Waals surface area contributed by atoms with Gasteiger partial charge in [-0.3, -0.25) is 9.20 Å². The Labute approximate surface area is 188 Å². The van der Waals surface area contributed by atoms with Gasteiger partial charge in [0.25, 0.3) is 5.56 Å². The van der Waals surface area contributed by atoms with Crippen LogP contribution in [0.3, 0.4) is 0 Å². The molecule has 0 radical (unpaired) electrons. The second kappa shape index (κ2) is 6.53. The summed E-state index contributed by atoms with van der Waals surface area (Å²) in [6.07, 6.45) is 0. The van der Waals surface area contributed by atoms with Crippen LogP contribution in [0.15, 0.2) is 100 Å². The van der Waals surface area contributed by atoms with E-state index in [4.69, 9.17) is 4.52 Å². The van der Waals surface area contributed by atoms with E-state index in [1.807, 2.05) is 28.7 Å². The SMILES string of the molecule is Cc1onc2c1c(=O)n1c3ccccc3c3cc(-c4ccccc4-c4ccccc4)cc2c31. The van der Waals surface area contributed by atoms with E-state index in [-0.39, 0.29) is 5.56 Å². The van der Waals surface area contributed by atoms with Crippen molar-refractivity contribution in [3.05, 3.63) is 107 Å². The van der Waals surface area contributed by atoms with Crippen molar-refractivity contribution in [2.24, 2.45) is 0 Å². The highest BCUT2D eigenvalue weighted by Crippen LogP contribution is 2.40. The molecule has 4 heteroatoms. The molecule has 7 rings (SSSR count). The largest absolute Gasteiger partial charge is 0.360 e. The number of hydrogen-bond donors (Lipinski definition) is 0. The van der Waals surface area contributed by atoms with Gasteiger partial charge < -0.3 is 4.52 Å². The normalized spacial score (nSPS) is 11.9. The van der Waals surface area contributed by atoms with Crippen LogP contribution in [0.2, 0.25) is 0 Å². The Hall–Kier alpha value is -4.44. The van der Waals surface area contributed by atoms with Gasteiger partial charge in [0, 0.05) is 16.2 Å². The Morgan fingerprint density at radius 2 is 1.39 bits per heavy atom. The van der Waals surface area contributed by atoms with Crippen LogP contribution >= 0.6 is 0 Å². The maximum absolute atomic E-state index is 13.5. The molecule has 0 saturated carbocycles. The number of nitrogens with zero attached hydrogens (tertiary/aromatic N) is 2. The standard InChI is InChI=1S/C29H18N2O2/c1-17-26-27(30-33-17)24-16-19(21-12-6-5-11-20(21)18-9-3-2-4-10-18)15-23-22-13-7-8-14-25(22)31(28(23)24)29(26)32/h2-16H,1H3. The zero-order valence-corrected chi connectivity index (χ0v) is 17.9. The summed E-state index contributed by atoms with van der Waals surface area (Å²) < 4.78 is 7.30. The zero-order chi connectivity index (χ0) is 22.1. The third-order valence-electron chi connectivity index (χ3n) is 6.63. The molecule has 3 heterocycles. The molecule has 0 bridgehead atoms. The molecular formula is C29H18N2O2. The van der Waals surface area contributed by atoms with Crippen LogP contribution in [0.4, 0.5) is 0 Å². The molecule has 0 aliphatic carbocycles. The van der Waals surface area contributed by atoms with Gasteiger partial charge in [-0.05, 0) is 47.4 Å². The minimum Gasteiger partial charge on any atom is -0.360 e. The highest BCUT2D eigenvalue weighted by atomic mass is 16.5. The van der Waals surface area contributed by atoms with Crippen molar-refractivity contribution >= 4 is 38.1 Å². The molecule has 4 nitrogen and oxygen atoms in total. The van der Waals surface area contributed by atoms with E-state index in [1.54, 1.807) is 6.92 Å². The first kappa shape index (κ1) is 18.2. The Morgan fingerprint density at radius 1 is 0.727 bits per heavy atom. The van der Waals surface area contributed by atoms with Gasteiger partial charge in [0.05, 0.1) is 11.0 Å². The summed E-state index contributed by atoms with van der Waals surface area (Å²) in [6.45, 7) is 1.80. The molecule has 0 amide bonds. The van der Waals surface area contributed by atoms with Gasteiger partial charge in [0.2, 0.25) is 0 Å². The smallest absolute Gasteiger partial charge is 0.268 e. The Bertz CT molecular complexity index is 1900. The van der Waals surface area contributed by atoms with E-state index in [0.717, 1.165) is 49.4 Å². The van der Waals surface area contributed by atoms with Gasteiger partial charge in [-0.1, -0.05) is 78.0 Å². The molecule has 0 atom stereocenters. The monoisotopic (exact) mass is 426 g/mol. The van der Waals surface area contributed by atoms with E-state index in [9.17, 15) is 4.79 Å². The lowest BCUT2D eigenvalue weighted by Gasteiger charge is -2.12. The van der Waals surface area contributed by atoms with Crippen molar-refractivity contribution in [2.45, 2.75) is 6.92 Å². The lowest BCUT2D eigenvalue weighted by atomic mass is 9.92. The minimum atomic E-state index is -0.0834. The van der Waals surface area contributed by atoms with Crippen molar-refractivity contribution < 1.29 is 4.52 Å². The van der Waals surface area contributed by atoms with Crippen molar-refractivity contribution in [2.75, 3.05) is 0 Å². The molecule has 0 fully saturated rings. The third kappa shape index (κ3) is 2.40. The number of fused-ring (bicyclic) bond motifs is 5. The molecule has 7 aromatic rings. The summed E-state index contributed by atoms with van der Waals surface area (Å²) in [7, 11) is 0. The number of benzene rings is 4. The average molecular weight is 426 g/mol. The number of hydrogen-bond acceptors (Lipinski definition) is 3. The van der Waals surface area contributed by atoms with Gasteiger partial charge in [-0.15, -0.1) is 0 Å². The maximum atomic E-state index is 13.5. The average Bonchev–Trinajstić information content (AvgIpc) is 3.42. The summed E-state index contributed by atoms with van der Waals surface area (Å²) in [6, 6.07) is 31.3. The quantitative estimate of drug-likeness (QED) is 0.304. The molecule has 0 spiro atoms. The second-order valence-corrected chi connectivity index (χ2v) is 8.45. The van der Waals surface area contributed by atoms with E-state index in [1.165, 1.54) is 0 Å². The lowest BCUT2D eigenvalue weighted by Crippen LogP contribution is -2.13. The highest BCUT2D eigenvalue weighted by Gasteiger charge is 2.22. The molecule has 4 aromatic carbocycles. The van der Waals surface area contributed by atoms with Crippen molar-refractivity contribution in [1.29, 1.82) is 0 Å². The first-order chi connectivity index (χ1) is 16.2. The van der Waals surface area contributed by atoms with E-state index >= 15 is 0 Å². The van der Waals surface area contributed by atoms with E-state index < -0.39 is 0 Å². The molecule has 0 saturated heterocycles. The molecule has 3 aromatic heterocycles. The Kier molecular flexibility index (Phi) is 3.59. The van der Waals surface area contributed by atoms with Crippen LogP contribution in [-0.2, 0) is 0 Å². The number of aromatic nitrogens is 2. The van der Waals surface area contributed by atoms with E-state index in [0.29, 0.717) is 16.7 Å². The first-order valence-electron chi connectivity index (χ1n) is 11.0.